The Bertz CT molecular complexity index is 1210. The summed E-state index contributed by atoms with van der Waals surface area (Å²) in [6.45, 7) is 0.172. The molecule has 0 atom stereocenters. The van der Waals surface area contributed by atoms with Crippen molar-refractivity contribution in [1.82, 2.24) is 14.9 Å². The smallest absolute Gasteiger partial charge is 0.261 e. The molecule has 0 aliphatic rings. The maximum absolute atomic E-state index is 12.6. The predicted octanol–water partition coefficient (Wildman–Crippen LogP) is 3.53. The molecule has 0 saturated carbocycles. The molecular weight excluding hydrogens is 350 g/mol. The number of carbonyl (C=O) groups is 1. The highest BCUT2D eigenvalue weighted by Gasteiger charge is 2.11. The normalized spacial score (nSPS) is 10.8. The zero-order valence-electron chi connectivity index (χ0n) is 15.4. The topological polar surface area (TPSA) is 64.0 Å². The third-order valence-corrected chi connectivity index (χ3v) is 4.71. The highest BCUT2D eigenvalue weighted by Crippen LogP contribution is 2.20. The zero-order valence-corrected chi connectivity index (χ0v) is 15.4. The van der Waals surface area contributed by atoms with E-state index in [1.807, 2.05) is 60.7 Å². The number of para-hydroxylation sites is 1. The first-order valence-electron chi connectivity index (χ1n) is 9.02. The van der Waals surface area contributed by atoms with Gasteiger partial charge in [0.1, 0.15) is 5.82 Å². The molecule has 0 aliphatic carbocycles. The molecule has 4 aromatic rings. The van der Waals surface area contributed by atoms with Gasteiger partial charge in [0, 0.05) is 12.6 Å². The Labute approximate surface area is 162 Å². The molecule has 5 nitrogen and oxygen atoms in total. The summed E-state index contributed by atoms with van der Waals surface area (Å²) in [6.07, 6.45) is 0. The molecule has 0 spiro atoms. The fourth-order valence-electron chi connectivity index (χ4n) is 3.15. The second kappa shape index (κ2) is 7.48. The van der Waals surface area contributed by atoms with Gasteiger partial charge in [0.15, 0.2) is 0 Å². The number of carbonyl (C=O) groups excluding carboxylic acids is 1. The van der Waals surface area contributed by atoms with E-state index in [-0.39, 0.29) is 18.0 Å². The molecule has 1 aromatic heterocycles. The van der Waals surface area contributed by atoms with E-state index in [1.165, 1.54) is 4.57 Å². The lowest BCUT2D eigenvalue weighted by Gasteiger charge is -2.11. The van der Waals surface area contributed by atoms with Crippen LogP contribution in [0.25, 0.3) is 22.0 Å². The van der Waals surface area contributed by atoms with Gasteiger partial charge in [-0.3, -0.25) is 14.2 Å². The minimum Gasteiger partial charge on any atom is -0.345 e. The minimum atomic E-state index is -0.208. The molecule has 0 bridgehead atoms. The van der Waals surface area contributed by atoms with Crippen molar-refractivity contribution in [3.8, 4) is 11.1 Å². The van der Waals surface area contributed by atoms with Crippen LogP contribution >= 0.6 is 0 Å². The van der Waals surface area contributed by atoms with Crippen LogP contribution in [0.1, 0.15) is 16.2 Å². The number of benzene rings is 3. The summed E-state index contributed by atoms with van der Waals surface area (Å²) in [5, 5.41) is 3.43. The van der Waals surface area contributed by atoms with Gasteiger partial charge in [-0.25, -0.2) is 4.98 Å². The second-order valence-electron chi connectivity index (χ2n) is 6.54. The average molecular weight is 369 g/mol. The number of nitrogens with one attached hydrogen (secondary N) is 1. The van der Waals surface area contributed by atoms with Crippen molar-refractivity contribution in [3.63, 3.8) is 0 Å². The van der Waals surface area contributed by atoms with Crippen LogP contribution < -0.4 is 10.9 Å². The Hall–Kier alpha value is -3.73. The van der Waals surface area contributed by atoms with Gasteiger partial charge in [0.2, 0.25) is 0 Å². The molecule has 0 unspecified atom stereocenters. The predicted molar refractivity (Wildman–Crippen MR) is 110 cm³/mol. The Morgan fingerprint density at radius 2 is 1.64 bits per heavy atom. The van der Waals surface area contributed by atoms with E-state index < -0.39 is 0 Å². The van der Waals surface area contributed by atoms with E-state index in [2.05, 4.69) is 10.3 Å². The molecule has 0 saturated heterocycles. The van der Waals surface area contributed by atoms with Gasteiger partial charge in [0.25, 0.3) is 11.5 Å². The number of aromatic nitrogens is 2. The van der Waals surface area contributed by atoms with Crippen LogP contribution in [0.5, 0.6) is 0 Å². The van der Waals surface area contributed by atoms with Gasteiger partial charge >= 0.3 is 0 Å². The van der Waals surface area contributed by atoms with Gasteiger partial charge in [-0.1, -0.05) is 54.6 Å². The number of amides is 1. The monoisotopic (exact) mass is 369 g/mol. The number of nitrogens with zero attached hydrogens (tertiary/aromatic N) is 2. The first-order chi connectivity index (χ1) is 13.6. The summed E-state index contributed by atoms with van der Waals surface area (Å²) in [4.78, 5) is 29.6. The maximum Gasteiger partial charge on any atom is 0.261 e. The van der Waals surface area contributed by atoms with Crippen LogP contribution in [0.2, 0.25) is 0 Å². The molecule has 3 aromatic carbocycles. The van der Waals surface area contributed by atoms with E-state index in [4.69, 9.17) is 0 Å². The minimum absolute atomic E-state index is 0.124. The van der Waals surface area contributed by atoms with E-state index in [1.54, 1.807) is 25.2 Å². The van der Waals surface area contributed by atoms with Gasteiger partial charge in [-0.2, -0.15) is 0 Å². The van der Waals surface area contributed by atoms with Crippen LogP contribution in [0, 0.1) is 0 Å². The summed E-state index contributed by atoms with van der Waals surface area (Å²) in [7, 11) is 1.67. The Balaban J connectivity index is 1.56. The zero-order chi connectivity index (χ0) is 19.5. The summed E-state index contributed by atoms with van der Waals surface area (Å²) >= 11 is 0. The first-order valence-corrected chi connectivity index (χ1v) is 9.02. The molecule has 0 radical (unpaired) electrons. The van der Waals surface area contributed by atoms with E-state index in [0.717, 1.165) is 11.1 Å². The Kier molecular flexibility index (Phi) is 4.72. The van der Waals surface area contributed by atoms with Crippen LogP contribution in [0.3, 0.4) is 0 Å². The van der Waals surface area contributed by atoms with Crippen LogP contribution in [0.4, 0.5) is 0 Å². The molecule has 0 aliphatic heterocycles. The molecule has 5 heteroatoms. The molecule has 1 heterocycles. The maximum atomic E-state index is 12.6. The molecule has 138 valence electrons. The molecular formula is C23H19N3O2. The molecule has 28 heavy (non-hydrogen) atoms. The number of fused-ring (bicyclic) bond motifs is 1. The van der Waals surface area contributed by atoms with Crippen LogP contribution in [-0.2, 0) is 13.6 Å². The standard InChI is InChI=1S/C23H19N3O2/c1-26-21(25-20-13-6-5-12-19(20)23(26)28)15-24-22(27)18-11-7-10-17(14-18)16-8-3-2-4-9-16/h2-14H,15H2,1H3,(H,24,27). The van der Waals surface area contributed by atoms with Crippen molar-refractivity contribution in [3.05, 3.63) is 101 Å². The van der Waals surface area contributed by atoms with Crippen molar-refractivity contribution in [2.24, 2.45) is 7.05 Å². The summed E-state index contributed by atoms with van der Waals surface area (Å²) < 4.78 is 1.48. The number of rotatable bonds is 4. The van der Waals surface area contributed by atoms with Crippen molar-refractivity contribution in [1.29, 1.82) is 0 Å². The lowest BCUT2D eigenvalue weighted by molar-refractivity contribution is 0.0949. The fraction of sp³-hybridized carbons (Fsp3) is 0.0870. The third kappa shape index (κ3) is 3.42. The van der Waals surface area contributed by atoms with Crippen molar-refractivity contribution in [2.75, 3.05) is 0 Å². The van der Waals surface area contributed by atoms with Gasteiger partial charge in [0.05, 0.1) is 17.4 Å². The third-order valence-electron chi connectivity index (χ3n) is 4.71. The lowest BCUT2D eigenvalue weighted by atomic mass is 10.0. The molecule has 0 fully saturated rings. The lowest BCUT2D eigenvalue weighted by Crippen LogP contribution is -2.29. The largest absolute Gasteiger partial charge is 0.345 e. The van der Waals surface area contributed by atoms with E-state index in [9.17, 15) is 9.59 Å². The number of hydrogen-bond acceptors (Lipinski definition) is 3. The molecule has 1 amide bonds. The summed E-state index contributed by atoms with van der Waals surface area (Å²) in [6, 6.07) is 24.6. The van der Waals surface area contributed by atoms with Crippen LogP contribution in [0.15, 0.2) is 83.7 Å². The first kappa shape index (κ1) is 17.7. The highest BCUT2D eigenvalue weighted by atomic mass is 16.1. The second-order valence-corrected chi connectivity index (χ2v) is 6.54. The van der Waals surface area contributed by atoms with E-state index in [0.29, 0.717) is 22.3 Å². The Morgan fingerprint density at radius 1 is 0.929 bits per heavy atom. The average Bonchev–Trinajstić information content (AvgIpc) is 2.76. The van der Waals surface area contributed by atoms with Crippen LogP contribution in [-0.4, -0.2) is 15.5 Å². The summed E-state index contributed by atoms with van der Waals surface area (Å²) in [5.74, 6) is 0.302. The fourth-order valence-corrected chi connectivity index (χ4v) is 3.15. The molecule has 4 rings (SSSR count). The van der Waals surface area contributed by atoms with Crippen molar-refractivity contribution in [2.45, 2.75) is 6.54 Å². The van der Waals surface area contributed by atoms with Gasteiger partial charge in [-0.05, 0) is 35.4 Å². The van der Waals surface area contributed by atoms with Crippen molar-refractivity contribution < 1.29 is 4.79 Å². The SMILES string of the molecule is Cn1c(CNC(=O)c2cccc(-c3ccccc3)c2)nc2ccccc2c1=O. The van der Waals surface area contributed by atoms with Crippen molar-refractivity contribution >= 4 is 16.8 Å². The number of hydrogen-bond donors (Lipinski definition) is 1. The van der Waals surface area contributed by atoms with Gasteiger partial charge < -0.3 is 5.32 Å². The van der Waals surface area contributed by atoms with Gasteiger partial charge in [-0.15, -0.1) is 0 Å². The quantitative estimate of drug-likeness (QED) is 0.599. The Morgan fingerprint density at radius 3 is 2.46 bits per heavy atom. The molecule has 1 N–H and O–H groups in total. The highest BCUT2D eigenvalue weighted by molar-refractivity contribution is 5.95. The summed E-state index contributed by atoms with van der Waals surface area (Å²) in [5.41, 5.74) is 3.09. The van der Waals surface area contributed by atoms with E-state index >= 15 is 0 Å².